The van der Waals surface area contributed by atoms with E-state index in [9.17, 15) is 14.4 Å². The van der Waals surface area contributed by atoms with Gasteiger partial charge in [0.25, 0.3) is 5.91 Å². The first-order valence-corrected chi connectivity index (χ1v) is 8.20. The molecule has 0 aromatic heterocycles. The highest BCUT2D eigenvalue weighted by Gasteiger charge is 2.31. The van der Waals surface area contributed by atoms with E-state index in [1.54, 1.807) is 24.3 Å². The number of benzene rings is 1. The number of amides is 2. The maximum absolute atomic E-state index is 12.2. The standard InChI is InChI=1S/C16H19BrN2O4/c1-10-6-12(16(22)23)9-19(8-10)14(20)7-18-15(21)11-2-4-13(17)5-3-11/h2-5,10,12H,6-9H2,1H3,(H,18,21)(H,22,23). The summed E-state index contributed by atoms with van der Waals surface area (Å²) in [5.74, 6) is -1.87. The Morgan fingerprint density at radius 2 is 1.91 bits per heavy atom. The summed E-state index contributed by atoms with van der Waals surface area (Å²) in [6, 6.07) is 6.82. The van der Waals surface area contributed by atoms with Gasteiger partial charge in [0, 0.05) is 23.1 Å². The summed E-state index contributed by atoms with van der Waals surface area (Å²) in [6.07, 6.45) is 0.574. The van der Waals surface area contributed by atoms with E-state index in [4.69, 9.17) is 5.11 Å². The number of aliphatic carboxylic acids is 1. The van der Waals surface area contributed by atoms with Crippen LogP contribution in [-0.4, -0.2) is 47.4 Å². The number of piperidine rings is 1. The van der Waals surface area contributed by atoms with E-state index in [1.807, 2.05) is 6.92 Å². The summed E-state index contributed by atoms with van der Waals surface area (Å²) in [5.41, 5.74) is 0.469. The maximum atomic E-state index is 12.2. The van der Waals surface area contributed by atoms with Gasteiger partial charge >= 0.3 is 5.97 Å². The Labute approximate surface area is 143 Å². The van der Waals surface area contributed by atoms with E-state index in [2.05, 4.69) is 21.2 Å². The molecule has 1 heterocycles. The van der Waals surface area contributed by atoms with E-state index in [1.165, 1.54) is 4.90 Å². The molecular formula is C16H19BrN2O4. The van der Waals surface area contributed by atoms with Gasteiger partial charge in [0.05, 0.1) is 12.5 Å². The highest BCUT2D eigenvalue weighted by atomic mass is 79.9. The molecule has 1 aliphatic heterocycles. The number of likely N-dealkylation sites (tertiary alicyclic amines) is 1. The summed E-state index contributed by atoms with van der Waals surface area (Å²) in [4.78, 5) is 36.9. The van der Waals surface area contributed by atoms with Crippen LogP contribution in [-0.2, 0) is 9.59 Å². The highest BCUT2D eigenvalue weighted by molar-refractivity contribution is 9.10. The van der Waals surface area contributed by atoms with Crippen molar-refractivity contribution in [1.29, 1.82) is 0 Å². The second kappa shape index (κ2) is 7.59. The lowest BCUT2D eigenvalue weighted by atomic mass is 9.90. The topological polar surface area (TPSA) is 86.7 Å². The number of carboxylic acids is 1. The monoisotopic (exact) mass is 382 g/mol. The largest absolute Gasteiger partial charge is 0.481 e. The molecule has 2 rings (SSSR count). The van der Waals surface area contributed by atoms with Crippen LogP contribution in [0.2, 0.25) is 0 Å². The van der Waals surface area contributed by atoms with E-state index in [0.717, 1.165) is 4.47 Å². The fourth-order valence-corrected chi connectivity index (χ4v) is 2.97. The van der Waals surface area contributed by atoms with Crippen molar-refractivity contribution in [3.8, 4) is 0 Å². The Bertz CT molecular complexity index is 603. The Morgan fingerprint density at radius 1 is 1.26 bits per heavy atom. The molecule has 2 unspecified atom stereocenters. The minimum Gasteiger partial charge on any atom is -0.481 e. The molecule has 7 heteroatoms. The number of carboxylic acid groups (broad SMARTS) is 1. The van der Waals surface area contributed by atoms with E-state index < -0.39 is 11.9 Å². The van der Waals surface area contributed by atoms with Gasteiger partial charge in [-0.15, -0.1) is 0 Å². The lowest BCUT2D eigenvalue weighted by molar-refractivity contribution is -0.146. The molecule has 23 heavy (non-hydrogen) atoms. The molecule has 0 saturated carbocycles. The number of hydrogen-bond acceptors (Lipinski definition) is 3. The van der Waals surface area contributed by atoms with Gasteiger partial charge in [-0.1, -0.05) is 22.9 Å². The van der Waals surface area contributed by atoms with E-state index in [0.29, 0.717) is 18.5 Å². The van der Waals surface area contributed by atoms with Crippen LogP contribution < -0.4 is 5.32 Å². The predicted molar refractivity (Wildman–Crippen MR) is 88.0 cm³/mol. The van der Waals surface area contributed by atoms with Crippen LogP contribution in [0.3, 0.4) is 0 Å². The number of halogens is 1. The third-order valence-electron chi connectivity index (χ3n) is 3.87. The van der Waals surface area contributed by atoms with Crippen molar-refractivity contribution < 1.29 is 19.5 Å². The van der Waals surface area contributed by atoms with Crippen molar-refractivity contribution >= 4 is 33.7 Å². The first-order chi connectivity index (χ1) is 10.9. The zero-order chi connectivity index (χ0) is 17.0. The van der Waals surface area contributed by atoms with Gasteiger partial charge in [-0.2, -0.15) is 0 Å². The number of carbonyl (C=O) groups excluding carboxylic acids is 2. The minimum absolute atomic E-state index is 0.131. The molecule has 1 fully saturated rings. The first-order valence-electron chi connectivity index (χ1n) is 7.41. The van der Waals surface area contributed by atoms with Crippen LogP contribution in [0.1, 0.15) is 23.7 Å². The molecule has 0 aliphatic carbocycles. The van der Waals surface area contributed by atoms with Crippen molar-refractivity contribution in [2.75, 3.05) is 19.6 Å². The average molecular weight is 383 g/mol. The van der Waals surface area contributed by atoms with Gasteiger partial charge in [0.15, 0.2) is 0 Å². The normalized spacial score (nSPS) is 20.9. The molecule has 0 bridgehead atoms. The van der Waals surface area contributed by atoms with Crippen LogP contribution in [0.5, 0.6) is 0 Å². The average Bonchev–Trinajstić information content (AvgIpc) is 2.52. The molecule has 1 saturated heterocycles. The van der Waals surface area contributed by atoms with Crippen molar-refractivity contribution in [2.45, 2.75) is 13.3 Å². The van der Waals surface area contributed by atoms with Gasteiger partial charge in [-0.05, 0) is 36.6 Å². The predicted octanol–water partition coefficient (Wildman–Crippen LogP) is 1.75. The Hall–Kier alpha value is -1.89. The summed E-state index contributed by atoms with van der Waals surface area (Å²) < 4.78 is 0.868. The Kier molecular flexibility index (Phi) is 5.76. The maximum Gasteiger partial charge on any atom is 0.308 e. The van der Waals surface area contributed by atoms with Crippen molar-refractivity contribution in [3.63, 3.8) is 0 Å². The van der Waals surface area contributed by atoms with Gasteiger partial charge in [-0.3, -0.25) is 14.4 Å². The van der Waals surface area contributed by atoms with Crippen molar-refractivity contribution in [1.82, 2.24) is 10.2 Å². The van der Waals surface area contributed by atoms with Gasteiger partial charge in [0.2, 0.25) is 5.91 Å². The van der Waals surface area contributed by atoms with E-state index >= 15 is 0 Å². The smallest absolute Gasteiger partial charge is 0.308 e. The molecule has 1 aromatic carbocycles. The quantitative estimate of drug-likeness (QED) is 0.830. The molecule has 1 aromatic rings. The highest BCUT2D eigenvalue weighted by Crippen LogP contribution is 2.21. The zero-order valence-corrected chi connectivity index (χ0v) is 14.4. The van der Waals surface area contributed by atoms with Crippen molar-refractivity contribution in [3.05, 3.63) is 34.3 Å². The van der Waals surface area contributed by atoms with Crippen LogP contribution in [0.25, 0.3) is 0 Å². The van der Waals surface area contributed by atoms with Gasteiger partial charge in [-0.25, -0.2) is 0 Å². The molecule has 0 spiro atoms. The summed E-state index contributed by atoms with van der Waals surface area (Å²) in [7, 11) is 0. The third kappa shape index (κ3) is 4.79. The third-order valence-corrected chi connectivity index (χ3v) is 4.40. The van der Waals surface area contributed by atoms with Crippen molar-refractivity contribution in [2.24, 2.45) is 11.8 Å². The molecule has 1 aliphatic rings. The Morgan fingerprint density at radius 3 is 2.52 bits per heavy atom. The fraction of sp³-hybridized carbons (Fsp3) is 0.438. The lowest BCUT2D eigenvalue weighted by Gasteiger charge is -2.34. The summed E-state index contributed by atoms with van der Waals surface area (Å²) >= 11 is 3.29. The van der Waals surface area contributed by atoms with Crippen LogP contribution in [0.15, 0.2) is 28.7 Å². The molecule has 2 atom stereocenters. The number of nitrogens with one attached hydrogen (secondary N) is 1. The van der Waals surface area contributed by atoms with Crippen LogP contribution in [0.4, 0.5) is 0 Å². The van der Waals surface area contributed by atoms with Crippen LogP contribution >= 0.6 is 15.9 Å². The molecule has 2 N–H and O–H groups in total. The minimum atomic E-state index is -0.881. The lowest BCUT2D eigenvalue weighted by Crippen LogP contribution is -2.48. The fourth-order valence-electron chi connectivity index (χ4n) is 2.71. The molecule has 124 valence electrons. The first kappa shape index (κ1) is 17.5. The van der Waals surface area contributed by atoms with Gasteiger partial charge < -0.3 is 15.3 Å². The summed E-state index contributed by atoms with van der Waals surface area (Å²) in [6.45, 7) is 2.52. The zero-order valence-electron chi connectivity index (χ0n) is 12.8. The Balaban J connectivity index is 1.89. The SMILES string of the molecule is CC1CC(C(=O)O)CN(C(=O)CNC(=O)c2ccc(Br)cc2)C1. The molecular weight excluding hydrogens is 364 g/mol. The van der Waals surface area contributed by atoms with Gasteiger partial charge in [0.1, 0.15) is 0 Å². The van der Waals surface area contributed by atoms with Crippen LogP contribution in [0, 0.1) is 11.8 Å². The number of carbonyl (C=O) groups is 3. The molecule has 6 nitrogen and oxygen atoms in total. The molecule has 2 amide bonds. The number of hydrogen-bond donors (Lipinski definition) is 2. The van der Waals surface area contributed by atoms with E-state index in [-0.39, 0.29) is 30.8 Å². The molecule has 0 radical (unpaired) electrons. The second-order valence-electron chi connectivity index (χ2n) is 5.86. The number of rotatable bonds is 4. The summed E-state index contributed by atoms with van der Waals surface area (Å²) in [5, 5.41) is 11.7. The number of nitrogens with zero attached hydrogens (tertiary/aromatic N) is 1. The second-order valence-corrected chi connectivity index (χ2v) is 6.78.